The number of imidazole rings is 1. The number of aromatic amines is 1. The van der Waals surface area contributed by atoms with Gasteiger partial charge in [-0.25, -0.2) is 9.97 Å². The van der Waals surface area contributed by atoms with Gasteiger partial charge in [0.1, 0.15) is 10.5 Å². The zero-order valence-electron chi connectivity index (χ0n) is 9.32. The van der Waals surface area contributed by atoms with E-state index >= 15 is 0 Å². The Kier molecular flexibility index (Phi) is 3.20. The molecule has 2 aromatic heterocycles. The first-order chi connectivity index (χ1) is 8.33. The van der Waals surface area contributed by atoms with Crippen LogP contribution >= 0.6 is 23.4 Å². The summed E-state index contributed by atoms with van der Waals surface area (Å²) in [4.78, 5) is 15.5. The molecule has 3 rings (SSSR count). The van der Waals surface area contributed by atoms with Crippen molar-refractivity contribution in [2.24, 2.45) is 5.92 Å². The topological polar surface area (TPSA) is 54.5 Å². The minimum atomic E-state index is 0.276. The van der Waals surface area contributed by atoms with Gasteiger partial charge in [-0.05, 0) is 30.4 Å². The van der Waals surface area contributed by atoms with Crippen LogP contribution in [-0.4, -0.2) is 25.7 Å². The third kappa shape index (κ3) is 2.40. The molecule has 17 heavy (non-hydrogen) atoms. The molecule has 0 bridgehead atoms. The van der Waals surface area contributed by atoms with Crippen molar-refractivity contribution in [2.45, 2.75) is 30.7 Å². The summed E-state index contributed by atoms with van der Waals surface area (Å²) in [6.45, 7) is 0. The second-order valence-corrected chi connectivity index (χ2v) is 5.71. The van der Waals surface area contributed by atoms with E-state index in [1.54, 1.807) is 18.1 Å². The van der Waals surface area contributed by atoms with E-state index in [0.29, 0.717) is 5.65 Å². The molecule has 1 aliphatic rings. The van der Waals surface area contributed by atoms with E-state index in [1.165, 1.54) is 25.7 Å². The largest absolute Gasteiger partial charge is 0.341 e. The molecule has 1 aliphatic carbocycles. The van der Waals surface area contributed by atoms with Crippen molar-refractivity contribution in [3.05, 3.63) is 11.6 Å². The maximum atomic E-state index is 5.89. The average Bonchev–Trinajstić information content (AvgIpc) is 2.95. The lowest BCUT2D eigenvalue weighted by atomic mass is 10.1. The number of hydrogen-bond donors (Lipinski definition) is 1. The highest BCUT2D eigenvalue weighted by Gasteiger charge is 2.17. The zero-order valence-corrected chi connectivity index (χ0v) is 10.9. The molecule has 4 nitrogen and oxygen atoms in total. The van der Waals surface area contributed by atoms with Crippen molar-refractivity contribution in [3.63, 3.8) is 0 Å². The molecule has 2 aromatic rings. The first-order valence-corrected chi connectivity index (χ1v) is 7.18. The van der Waals surface area contributed by atoms with Crippen LogP contribution in [0.25, 0.3) is 11.2 Å². The fraction of sp³-hybridized carbons (Fsp3) is 0.545. The van der Waals surface area contributed by atoms with Gasteiger partial charge in [0.05, 0.1) is 6.33 Å². The Morgan fingerprint density at radius 3 is 3.00 bits per heavy atom. The third-order valence-corrected chi connectivity index (χ3v) is 4.53. The number of hydrogen-bond acceptors (Lipinski definition) is 4. The van der Waals surface area contributed by atoms with Crippen LogP contribution in [-0.2, 0) is 0 Å². The maximum absolute atomic E-state index is 5.89. The van der Waals surface area contributed by atoms with E-state index in [9.17, 15) is 0 Å². The molecule has 1 N–H and O–H groups in total. The number of thioether (sulfide) groups is 1. The molecule has 0 unspecified atom stereocenters. The van der Waals surface area contributed by atoms with E-state index in [4.69, 9.17) is 11.6 Å². The predicted octanol–water partition coefficient (Wildman–Crippen LogP) is 3.29. The van der Waals surface area contributed by atoms with E-state index in [-0.39, 0.29) is 5.28 Å². The predicted molar refractivity (Wildman–Crippen MR) is 69.4 cm³/mol. The highest BCUT2D eigenvalue weighted by atomic mass is 35.5. The van der Waals surface area contributed by atoms with Gasteiger partial charge in [0.15, 0.2) is 5.65 Å². The number of rotatable bonds is 3. The summed E-state index contributed by atoms with van der Waals surface area (Å²) >= 11 is 7.65. The molecular weight excluding hydrogens is 256 g/mol. The van der Waals surface area contributed by atoms with E-state index in [2.05, 4.69) is 19.9 Å². The van der Waals surface area contributed by atoms with Crippen molar-refractivity contribution in [1.29, 1.82) is 0 Å². The quantitative estimate of drug-likeness (QED) is 0.527. The fourth-order valence-corrected chi connectivity index (χ4v) is 3.65. The minimum absolute atomic E-state index is 0.276. The van der Waals surface area contributed by atoms with Crippen molar-refractivity contribution in [2.75, 3.05) is 5.75 Å². The molecule has 0 spiro atoms. The second-order valence-electron chi connectivity index (χ2n) is 4.36. The first kappa shape index (κ1) is 11.3. The highest BCUT2D eigenvalue weighted by Crippen LogP contribution is 2.32. The van der Waals surface area contributed by atoms with Gasteiger partial charge in [-0.15, -0.1) is 11.8 Å². The lowest BCUT2D eigenvalue weighted by molar-refractivity contribution is 0.623. The summed E-state index contributed by atoms with van der Waals surface area (Å²) in [5, 5.41) is 1.20. The lowest BCUT2D eigenvalue weighted by Gasteiger charge is -2.07. The molecule has 0 atom stereocenters. The normalized spacial score (nSPS) is 17.0. The van der Waals surface area contributed by atoms with Crippen LogP contribution in [0.15, 0.2) is 11.4 Å². The van der Waals surface area contributed by atoms with Crippen LogP contribution in [0.4, 0.5) is 0 Å². The summed E-state index contributed by atoms with van der Waals surface area (Å²) in [5.41, 5.74) is 1.55. The highest BCUT2D eigenvalue weighted by molar-refractivity contribution is 7.99. The zero-order chi connectivity index (χ0) is 11.7. The summed E-state index contributed by atoms with van der Waals surface area (Å²) in [5.74, 6) is 1.94. The summed E-state index contributed by atoms with van der Waals surface area (Å²) in [7, 11) is 0. The van der Waals surface area contributed by atoms with Crippen LogP contribution in [0.3, 0.4) is 0 Å². The molecule has 0 radical (unpaired) electrons. The molecule has 0 aromatic carbocycles. The van der Waals surface area contributed by atoms with Crippen molar-refractivity contribution in [1.82, 2.24) is 19.9 Å². The van der Waals surface area contributed by atoms with Gasteiger partial charge in [-0.2, -0.15) is 4.98 Å². The van der Waals surface area contributed by atoms with E-state index < -0.39 is 0 Å². The fourth-order valence-electron chi connectivity index (χ4n) is 2.26. The summed E-state index contributed by atoms with van der Waals surface area (Å²) < 4.78 is 0. The van der Waals surface area contributed by atoms with Crippen molar-refractivity contribution >= 4 is 34.5 Å². The van der Waals surface area contributed by atoms with Gasteiger partial charge in [-0.3, -0.25) is 0 Å². The van der Waals surface area contributed by atoms with Gasteiger partial charge in [-0.1, -0.05) is 12.8 Å². The van der Waals surface area contributed by atoms with Gasteiger partial charge in [0.2, 0.25) is 5.28 Å². The molecule has 90 valence electrons. The van der Waals surface area contributed by atoms with E-state index in [1.807, 2.05) is 0 Å². The number of aromatic nitrogens is 4. The molecule has 0 amide bonds. The van der Waals surface area contributed by atoms with Crippen molar-refractivity contribution < 1.29 is 0 Å². The van der Waals surface area contributed by atoms with Crippen molar-refractivity contribution in [3.8, 4) is 0 Å². The Balaban J connectivity index is 1.81. The third-order valence-electron chi connectivity index (χ3n) is 3.16. The monoisotopic (exact) mass is 268 g/mol. The van der Waals surface area contributed by atoms with Gasteiger partial charge < -0.3 is 4.98 Å². The molecular formula is C11H13ClN4S. The lowest BCUT2D eigenvalue weighted by Crippen LogP contribution is -1.98. The molecule has 0 saturated heterocycles. The first-order valence-electron chi connectivity index (χ1n) is 5.82. The number of halogens is 1. The number of H-pyrrole nitrogens is 1. The Morgan fingerprint density at radius 2 is 2.18 bits per heavy atom. The molecule has 2 heterocycles. The molecule has 6 heteroatoms. The van der Waals surface area contributed by atoms with E-state index in [0.717, 1.165) is 22.2 Å². The number of fused-ring (bicyclic) bond motifs is 1. The van der Waals surface area contributed by atoms with Crippen LogP contribution in [0.2, 0.25) is 5.28 Å². The van der Waals surface area contributed by atoms with Crippen LogP contribution < -0.4 is 0 Å². The van der Waals surface area contributed by atoms with Crippen LogP contribution in [0.5, 0.6) is 0 Å². The molecule has 1 saturated carbocycles. The number of nitrogens with one attached hydrogen (secondary N) is 1. The van der Waals surface area contributed by atoms with Crippen LogP contribution in [0, 0.1) is 5.92 Å². The Labute approximate surface area is 109 Å². The smallest absolute Gasteiger partial charge is 0.225 e. The van der Waals surface area contributed by atoms with Crippen LogP contribution in [0.1, 0.15) is 25.7 Å². The second kappa shape index (κ2) is 4.82. The number of nitrogens with zero attached hydrogens (tertiary/aromatic N) is 3. The maximum Gasteiger partial charge on any atom is 0.225 e. The summed E-state index contributed by atoms with van der Waals surface area (Å²) in [6.07, 6.45) is 7.07. The summed E-state index contributed by atoms with van der Waals surface area (Å²) in [6, 6.07) is 0. The Bertz CT molecular complexity index is 521. The molecule has 1 fully saturated rings. The molecule has 0 aliphatic heterocycles. The average molecular weight is 269 g/mol. The Hall–Kier alpha value is -0.810. The SMILES string of the molecule is Clc1nc(SCC2CCCC2)c2[nH]cnc2n1. The Morgan fingerprint density at radius 1 is 1.35 bits per heavy atom. The minimum Gasteiger partial charge on any atom is -0.341 e. The van der Waals surface area contributed by atoms with Gasteiger partial charge in [0, 0.05) is 5.75 Å². The van der Waals surface area contributed by atoms with Gasteiger partial charge >= 0.3 is 0 Å². The standard InChI is InChI=1S/C11H13ClN4S/c12-11-15-9-8(13-6-14-9)10(16-11)17-5-7-3-1-2-4-7/h6-7H,1-5H2,(H,13,14,15,16). The van der Waals surface area contributed by atoms with Gasteiger partial charge in [0.25, 0.3) is 0 Å².